The van der Waals surface area contributed by atoms with Crippen LogP contribution in [0.5, 0.6) is 11.5 Å². The number of pyridine rings is 1. The number of benzene rings is 2. The predicted octanol–water partition coefficient (Wildman–Crippen LogP) is 5.55. The topological polar surface area (TPSA) is 60.5 Å². The van der Waals surface area contributed by atoms with Crippen molar-refractivity contribution >= 4 is 11.6 Å². The van der Waals surface area contributed by atoms with Crippen molar-refractivity contribution in [2.75, 3.05) is 5.32 Å². The first kappa shape index (κ1) is 20.9. The normalized spacial score (nSPS) is 13.7. The van der Waals surface area contributed by atoms with Crippen LogP contribution in [0.25, 0.3) is 0 Å². The number of nitrogens with zero attached hydrogens (tertiary/aromatic N) is 1. The van der Waals surface area contributed by atoms with Crippen molar-refractivity contribution in [3.05, 3.63) is 84.2 Å². The minimum atomic E-state index is -0.0241. The fraction of sp³-hybridized carbons (Fsp3) is 0.308. The summed E-state index contributed by atoms with van der Waals surface area (Å²) in [4.78, 5) is 16.7. The van der Waals surface area contributed by atoms with E-state index < -0.39 is 0 Å². The zero-order valence-corrected chi connectivity index (χ0v) is 17.6. The molecule has 1 fully saturated rings. The third kappa shape index (κ3) is 6.57. The molecule has 3 aromatic rings. The van der Waals surface area contributed by atoms with Gasteiger partial charge in [-0.25, -0.2) is 0 Å². The Bertz CT molecular complexity index is 985. The lowest BCUT2D eigenvalue weighted by Gasteiger charge is -2.14. The molecule has 0 atom stereocenters. The molecule has 2 aromatic carbocycles. The lowest BCUT2D eigenvalue weighted by atomic mass is 10.1. The summed E-state index contributed by atoms with van der Waals surface area (Å²) in [6.07, 6.45) is 7.93. The first-order chi connectivity index (χ1) is 15.2. The molecule has 0 unspecified atom stereocenters. The minimum Gasteiger partial charge on any atom is -0.490 e. The van der Waals surface area contributed by atoms with E-state index in [2.05, 4.69) is 16.4 Å². The summed E-state index contributed by atoms with van der Waals surface area (Å²) in [5, 5.41) is 2.96. The number of rotatable bonds is 9. The second-order valence-corrected chi connectivity index (χ2v) is 7.86. The fourth-order valence-electron chi connectivity index (χ4n) is 3.76. The number of aryl methyl sites for hydroxylation is 1. The van der Waals surface area contributed by atoms with Gasteiger partial charge in [-0.2, -0.15) is 0 Å². The first-order valence-corrected chi connectivity index (χ1v) is 10.9. The molecule has 31 heavy (non-hydrogen) atoms. The van der Waals surface area contributed by atoms with Gasteiger partial charge >= 0.3 is 0 Å². The number of aromatic nitrogens is 1. The smallest absolute Gasteiger partial charge is 0.224 e. The minimum absolute atomic E-state index is 0.0241. The van der Waals surface area contributed by atoms with Crippen molar-refractivity contribution in [3.8, 4) is 11.5 Å². The number of anilines is 1. The molecular weight excluding hydrogens is 388 g/mol. The highest BCUT2D eigenvalue weighted by molar-refractivity contribution is 5.91. The van der Waals surface area contributed by atoms with Gasteiger partial charge in [0.05, 0.1) is 11.8 Å². The van der Waals surface area contributed by atoms with Gasteiger partial charge in [0.1, 0.15) is 18.1 Å². The zero-order chi connectivity index (χ0) is 21.3. The molecule has 1 N–H and O–H groups in total. The first-order valence-electron chi connectivity index (χ1n) is 10.9. The molecule has 4 rings (SSSR count). The molecule has 160 valence electrons. The summed E-state index contributed by atoms with van der Waals surface area (Å²) >= 11 is 0. The Kier molecular flexibility index (Phi) is 7.16. The molecule has 0 bridgehead atoms. The Labute approximate surface area is 183 Å². The van der Waals surface area contributed by atoms with Gasteiger partial charge in [-0.05, 0) is 74.1 Å². The third-order valence-corrected chi connectivity index (χ3v) is 5.37. The van der Waals surface area contributed by atoms with Crippen LogP contribution in [-0.4, -0.2) is 17.0 Å². The maximum Gasteiger partial charge on any atom is 0.224 e. The molecule has 5 heteroatoms. The summed E-state index contributed by atoms with van der Waals surface area (Å²) in [6.45, 7) is 0.386. The highest BCUT2D eigenvalue weighted by Crippen LogP contribution is 2.25. The second kappa shape index (κ2) is 10.6. The zero-order valence-electron chi connectivity index (χ0n) is 17.6. The summed E-state index contributed by atoms with van der Waals surface area (Å²) in [5.74, 6) is 1.58. The van der Waals surface area contributed by atoms with Crippen LogP contribution in [0.15, 0.2) is 72.9 Å². The van der Waals surface area contributed by atoms with Crippen LogP contribution in [-0.2, 0) is 17.8 Å². The number of amides is 1. The maximum atomic E-state index is 12.4. The average molecular weight is 417 g/mol. The van der Waals surface area contributed by atoms with Gasteiger partial charge in [0.25, 0.3) is 0 Å². The van der Waals surface area contributed by atoms with Gasteiger partial charge in [0.2, 0.25) is 5.91 Å². The third-order valence-electron chi connectivity index (χ3n) is 5.37. The van der Waals surface area contributed by atoms with Crippen LogP contribution in [0.3, 0.4) is 0 Å². The molecule has 0 aliphatic heterocycles. The molecule has 1 amide bonds. The van der Waals surface area contributed by atoms with E-state index in [0.717, 1.165) is 35.5 Å². The summed E-state index contributed by atoms with van der Waals surface area (Å²) in [7, 11) is 0. The highest BCUT2D eigenvalue weighted by Gasteiger charge is 2.16. The van der Waals surface area contributed by atoms with Gasteiger partial charge in [-0.15, -0.1) is 0 Å². The Morgan fingerprint density at radius 2 is 1.81 bits per heavy atom. The molecule has 1 saturated carbocycles. The Balaban J connectivity index is 1.26. The SMILES string of the molecule is O=C(CCc1cccc(OC2CCCC2)c1)Nc1cccc(OCc2ccccn2)c1. The van der Waals surface area contributed by atoms with E-state index in [1.54, 1.807) is 6.20 Å². The number of carbonyl (C=O) groups is 1. The van der Waals surface area contributed by atoms with Gasteiger partial charge in [0, 0.05) is 24.4 Å². The molecule has 1 aliphatic carbocycles. The van der Waals surface area contributed by atoms with Crippen molar-refractivity contribution in [2.24, 2.45) is 0 Å². The lowest BCUT2D eigenvalue weighted by Crippen LogP contribution is -2.13. The van der Waals surface area contributed by atoms with Crippen LogP contribution in [0.2, 0.25) is 0 Å². The van der Waals surface area contributed by atoms with Gasteiger partial charge in [0.15, 0.2) is 0 Å². The fourth-order valence-corrected chi connectivity index (χ4v) is 3.76. The Morgan fingerprint density at radius 3 is 2.65 bits per heavy atom. The van der Waals surface area contributed by atoms with E-state index >= 15 is 0 Å². The number of hydrogen-bond acceptors (Lipinski definition) is 4. The summed E-state index contributed by atoms with van der Waals surface area (Å²) in [6, 6.07) is 21.2. The van der Waals surface area contributed by atoms with Crippen LogP contribution in [0.1, 0.15) is 43.4 Å². The molecule has 0 spiro atoms. The molecule has 0 saturated heterocycles. The van der Waals surface area contributed by atoms with Crippen LogP contribution in [0.4, 0.5) is 5.69 Å². The number of ether oxygens (including phenoxy) is 2. The largest absolute Gasteiger partial charge is 0.490 e. The van der Waals surface area contributed by atoms with E-state index in [1.165, 1.54) is 12.8 Å². The number of hydrogen-bond donors (Lipinski definition) is 1. The van der Waals surface area contributed by atoms with Crippen molar-refractivity contribution in [3.63, 3.8) is 0 Å². The molecule has 1 heterocycles. The van der Waals surface area contributed by atoms with Gasteiger partial charge < -0.3 is 14.8 Å². The number of carbonyl (C=O) groups excluding carboxylic acids is 1. The van der Waals surface area contributed by atoms with Crippen molar-refractivity contribution in [2.45, 2.75) is 51.2 Å². The highest BCUT2D eigenvalue weighted by atomic mass is 16.5. The van der Waals surface area contributed by atoms with E-state index in [1.807, 2.05) is 60.7 Å². The molecule has 1 aromatic heterocycles. The quantitative estimate of drug-likeness (QED) is 0.497. The van der Waals surface area contributed by atoms with Crippen molar-refractivity contribution < 1.29 is 14.3 Å². The van der Waals surface area contributed by atoms with Gasteiger partial charge in [-0.1, -0.05) is 24.3 Å². The maximum absolute atomic E-state index is 12.4. The molecule has 5 nitrogen and oxygen atoms in total. The molecule has 1 aliphatic rings. The second-order valence-electron chi connectivity index (χ2n) is 7.86. The molecule has 0 radical (unpaired) electrons. The summed E-state index contributed by atoms with van der Waals surface area (Å²) in [5.41, 5.74) is 2.69. The summed E-state index contributed by atoms with van der Waals surface area (Å²) < 4.78 is 11.9. The van der Waals surface area contributed by atoms with Crippen LogP contribution in [0, 0.1) is 0 Å². The lowest BCUT2D eigenvalue weighted by molar-refractivity contribution is -0.116. The van der Waals surface area contributed by atoms with Gasteiger partial charge in [-0.3, -0.25) is 9.78 Å². The van der Waals surface area contributed by atoms with Crippen molar-refractivity contribution in [1.29, 1.82) is 0 Å². The van der Waals surface area contributed by atoms with Crippen LogP contribution >= 0.6 is 0 Å². The predicted molar refractivity (Wildman–Crippen MR) is 121 cm³/mol. The van der Waals surface area contributed by atoms with E-state index in [-0.39, 0.29) is 5.91 Å². The Hall–Kier alpha value is -3.34. The van der Waals surface area contributed by atoms with Crippen LogP contribution < -0.4 is 14.8 Å². The van der Waals surface area contributed by atoms with Crippen molar-refractivity contribution in [1.82, 2.24) is 4.98 Å². The Morgan fingerprint density at radius 1 is 0.968 bits per heavy atom. The average Bonchev–Trinajstić information content (AvgIpc) is 3.31. The van der Waals surface area contributed by atoms with E-state index in [0.29, 0.717) is 31.3 Å². The standard InChI is InChI=1S/C26H28N2O3/c29-26(15-14-20-7-5-13-25(17-20)31-23-10-1-2-11-23)28-21-9-6-12-24(18-21)30-19-22-8-3-4-16-27-22/h3-9,12-13,16-18,23H,1-2,10-11,14-15,19H2,(H,28,29). The molecular formula is C26H28N2O3. The van der Waals surface area contributed by atoms with E-state index in [9.17, 15) is 4.79 Å². The van der Waals surface area contributed by atoms with E-state index in [4.69, 9.17) is 9.47 Å². The monoisotopic (exact) mass is 416 g/mol. The number of nitrogens with one attached hydrogen (secondary N) is 1.